The van der Waals surface area contributed by atoms with Crippen LogP contribution < -0.4 is 4.74 Å². The van der Waals surface area contributed by atoms with Crippen LogP contribution in [0.2, 0.25) is 0 Å². The number of hydrogen-bond acceptors (Lipinski definition) is 2. The van der Waals surface area contributed by atoms with Crippen LogP contribution in [0.4, 0.5) is 4.39 Å². The maximum Gasteiger partial charge on any atom is 0.165 e. The smallest absolute Gasteiger partial charge is 0.165 e. The Morgan fingerprint density at radius 3 is 2.60 bits per heavy atom. The van der Waals surface area contributed by atoms with Crippen LogP contribution in [0.15, 0.2) is 18.2 Å². The molecule has 1 N–H and O–H groups in total. The molecule has 82 valence electrons. The maximum absolute atomic E-state index is 13.4. The molecule has 0 unspecified atom stereocenters. The molecule has 0 amide bonds. The van der Waals surface area contributed by atoms with Gasteiger partial charge in [-0.3, -0.25) is 0 Å². The van der Waals surface area contributed by atoms with E-state index in [0.717, 1.165) is 12.8 Å². The first-order valence-corrected chi connectivity index (χ1v) is 5.23. The van der Waals surface area contributed by atoms with Crippen LogP contribution in [0.5, 0.6) is 5.75 Å². The molecule has 0 heterocycles. The van der Waals surface area contributed by atoms with Gasteiger partial charge in [-0.1, -0.05) is 25.0 Å². The minimum atomic E-state index is -0.895. The summed E-state index contributed by atoms with van der Waals surface area (Å²) >= 11 is 0. The molecule has 1 saturated carbocycles. The minimum Gasteiger partial charge on any atom is -0.493 e. The molecule has 3 heteroatoms. The fourth-order valence-corrected chi connectivity index (χ4v) is 2.31. The van der Waals surface area contributed by atoms with E-state index in [1.54, 1.807) is 12.1 Å². The highest BCUT2D eigenvalue weighted by Crippen LogP contribution is 2.43. The Morgan fingerprint density at radius 2 is 2.00 bits per heavy atom. The van der Waals surface area contributed by atoms with Gasteiger partial charge in [-0.25, -0.2) is 4.39 Å². The normalized spacial score (nSPS) is 19.1. The Bertz CT molecular complexity index is 357. The summed E-state index contributed by atoms with van der Waals surface area (Å²) in [6.45, 7) is 0. The molecule has 15 heavy (non-hydrogen) atoms. The first kappa shape index (κ1) is 10.4. The van der Waals surface area contributed by atoms with E-state index >= 15 is 0 Å². The van der Waals surface area contributed by atoms with E-state index in [4.69, 9.17) is 4.74 Å². The van der Waals surface area contributed by atoms with Crippen LogP contribution >= 0.6 is 0 Å². The first-order valence-electron chi connectivity index (χ1n) is 5.23. The van der Waals surface area contributed by atoms with Crippen LogP contribution in [0.25, 0.3) is 0 Å². The number of methoxy groups -OCH3 is 1. The van der Waals surface area contributed by atoms with Crippen LogP contribution in [-0.2, 0) is 5.60 Å². The number of benzene rings is 1. The molecule has 1 fully saturated rings. The highest BCUT2D eigenvalue weighted by Gasteiger charge is 2.36. The summed E-state index contributed by atoms with van der Waals surface area (Å²) in [6, 6.07) is 4.71. The molecule has 0 spiro atoms. The van der Waals surface area contributed by atoms with Crippen molar-refractivity contribution in [2.45, 2.75) is 31.3 Å². The van der Waals surface area contributed by atoms with Crippen molar-refractivity contribution in [3.05, 3.63) is 29.6 Å². The van der Waals surface area contributed by atoms with Gasteiger partial charge in [-0.15, -0.1) is 0 Å². The van der Waals surface area contributed by atoms with Gasteiger partial charge in [0.25, 0.3) is 0 Å². The predicted molar refractivity (Wildman–Crippen MR) is 55.3 cm³/mol. The van der Waals surface area contributed by atoms with Crippen LogP contribution in [0, 0.1) is 5.82 Å². The van der Waals surface area contributed by atoms with Crippen molar-refractivity contribution < 1.29 is 14.2 Å². The second-order valence-corrected chi connectivity index (χ2v) is 4.06. The van der Waals surface area contributed by atoms with E-state index in [0.29, 0.717) is 18.4 Å². The molecule has 0 aliphatic heterocycles. The van der Waals surface area contributed by atoms with Gasteiger partial charge >= 0.3 is 0 Å². The van der Waals surface area contributed by atoms with Crippen molar-refractivity contribution >= 4 is 0 Å². The summed E-state index contributed by atoms with van der Waals surface area (Å²) < 4.78 is 18.5. The quantitative estimate of drug-likeness (QED) is 0.813. The summed E-state index contributed by atoms with van der Waals surface area (Å²) in [6.07, 6.45) is 3.34. The molecule has 0 aromatic heterocycles. The number of aliphatic hydroxyl groups is 1. The first-order chi connectivity index (χ1) is 7.17. The molecular formula is C12H15FO2. The zero-order valence-electron chi connectivity index (χ0n) is 8.79. The van der Waals surface area contributed by atoms with Gasteiger partial charge in [0.15, 0.2) is 11.6 Å². The van der Waals surface area contributed by atoms with E-state index in [1.807, 2.05) is 0 Å². The Kier molecular flexibility index (Phi) is 2.65. The largest absolute Gasteiger partial charge is 0.493 e. The zero-order valence-corrected chi connectivity index (χ0v) is 8.79. The summed E-state index contributed by atoms with van der Waals surface area (Å²) in [5.74, 6) is -0.225. The molecule has 2 nitrogen and oxygen atoms in total. The topological polar surface area (TPSA) is 29.5 Å². The third-order valence-electron chi connectivity index (χ3n) is 3.10. The lowest BCUT2D eigenvalue weighted by Crippen LogP contribution is -2.22. The third kappa shape index (κ3) is 1.72. The monoisotopic (exact) mass is 210 g/mol. The minimum absolute atomic E-state index is 0.182. The van der Waals surface area contributed by atoms with E-state index in [-0.39, 0.29) is 5.75 Å². The predicted octanol–water partition coefficient (Wildman–Crippen LogP) is 2.60. The lowest BCUT2D eigenvalue weighted by atomic mass is 9.91. The van der Waals surface area contributed by atoms with Crippen molar-refractivity contribution in [2.24, 2.45) is 0 Å². The Hall–Kier alpha value is -1.09. The van der Waals surface area contributed by atoms with Crippen molar-refractivity contribution in [3.8, 4) is 5.75 Å². The van der Waals surface area contributed by atoms with Gasteiger partial charge in [0, 0.05) is 5.56 Å². The molecule has 1 aliphatic rings. The maximum atomic E-state index is 13.4. The van der Waals surface area contributed by atoms with Crippen molar-refractivity contribution in [3.63, 3.8) is 0 Å². The van der Waals surface area contributed by atoms with Crippen molar-refractivity contribution in [1.29, 1.82) is 0 Å². The number of halogens is 1. The van der Waals surface area contributed by atoms with Gasteiger partial charge < -0.3 is 9.84 Å². The lowest BCUT2D eigenvalue weighted by molar-refractivity contribution is 0.0414. The second-order valence-electron chi connectivity index (χ2n) is 4.06. The molecule has 0 bridgehead atoms. The van der Waals surface area contributed by atoms with Crippen LogP contribution in [-0.4, -0.2) is 12.2 Å². The Labute approximate surface area is 88.7 Å². The van der Waals surface area contributed by atoms with Crippen molar-refractivity contribution in [2.75, 3.05) is 7.11 Å². The molecule has 0 radical (unpaired) electrons. The molecule has 0 saturated heterocycles. The van der Waals surface area contributed by atoms with Crippen LogP contribution in [0.1, 0.15) is 31.2 Å². The van der Waals surface area contributed by atoms with Gasteiger partial charge in [0.1, 0.15) is 0 Å². The van der Waals surface area contributed by atoms with Gasteiger partial charge in [-0.2, -0.15) is 0 Å². The molecule has 1 aromatic rings. The van der Waals surface area contributed by atoms with E-state index in [9.17, 15) is 9.50 Å². The molecule has 1 aliphatic carbocycles. The van der Waals surface area contributed by atoms with E-state index in [2.05, 4.69) is 0 Å². The van der Waals surface area contributed by atoms with Crippen molar-refractivity contribution in [1.82, 2.24) is 0 Å². The summed E-state index contributed by atoms with van der Waals surface area (Å²) in [5, 5.41) is 10.4. The standard InChI is InChI=1S/C12H15FO2/c1-15-11-9(5-4-6-10(11)13)12(14)7-2-3-8-12/h4-6,14H,2-3,7-8H2,1H3. The second kappa shape index (κ2) is 3.81. The molecular weight excluding hydrogens is 195 g/mol. The highest BCUT2D eigenvalue weighted by molar-refractivity contribution is 5.39. The average molecular weight is 210 g/mol. The number of rotatable bonds is 2. The summed E-state index contributed by atoms with van der Waals surface area (Å²) in [7, 11) is 1.43. The molecule has 1 aromatic carbocycles. The van der Waals surface area contributed by atoms with Gasteiger partial charge in [0.05, 0.1) is 12.7 Å². The number of para-hydroxylation sites is 1. The van der Waals surface area contributed by atoms with Gasteiger partial charge in [0.2, 0.25) is 0 Å². The highest BCUT2D eigenvalue weighted by atomic mass is 19.1. The zero-order chi connectivity index (χ0) is 10.9. The van der Waals surface area contributed by atoms with E-state index < -0.39 is 11.4 Å². The van der Waals surface area contributed by atoms with Crippen LogP contribution in [0.3, 0.4) is 0 Å². The number of hydrogen-bond donors (Lipinski definition) is 1. The fraction of sp³-hybridized carbons (Fsp3) is 0.500. The Balaban J connectivity index is 2.47. The van der Waals surface area contributed by atoms with E-state index in [1.165, 1.54) is 13.2 Å². The summed E-state index contributed by atoms with van der Waals surface area (Å²) in [4.78, 5) is 0. The molecule has 2 rings (SSSR count). The average Bonchev–Trinajstić information content (AvgIpc) is 2.66. The fourth-order valence-electron chi connectivity index (χ4n) is 2.31. The number of ether oxygens (including phenoxy) is 1. The third-order valence-corrected chi connectivity index (χ3v) is 3.10. The SMILES string of the molecule is COc1c(F)cccc1C1(O)CCCC1. The lowest BCUT2D eigenvalue weighted by Gasteiger charge is -2.24. The Morgan fingerprint density at radius 1 is 1.33 bits per heavy atom. The molecule has 0 atom stereocenters. The summed E-state index contributed by atoms with van der Waals surface area (Å²) in [5.41, 5.74) is -0.310. The van der Waals surface area contributed by atoms with Gasteiger partial charge in [-0.05, 0) is 18.9 Å².